The Labute approximate surface area is 163 Å². The molecule has 1 aliphatic rings. The normalized spacial score (nSPS) is 16.1. The Hall–Kier alpha value is -2.08. The van der Waals surface area contributed by atoms with Crippen LogP contribution in [0.5, 0.6) is 0 Å². The second kappa shape index (κ2) is 12.3. The zero-order chi connectivity index (χ0) is 19.3. The number of nitrogens with one attached hydrogen (secondary N) is 2. The lowest BCUT2D eigenvalue weighted by atomic mass is 10.1. The lowest BCUT2D eigenvalue weighted by Crippen LogP contribution is -2.38. The number of hydrogen-bond acceptors (Lipinski definition) is 4. The van der Waals surface area contributed by atoms with Gasteiger partial charge in [0.1, 0.15) is 0 Å². The van der Waals surface area contributed by atoms with E-state index >= 15 is 0 Å². The van der Waals surface area contributed by atoms with Crippen molar-refractivity contribution in [1.82, 2.24) is 15.5 Å². The number of rotatable bonds is 10. The summed E-state index contributed by atoms with van der Waals surface area (Å²) in [5, 5.41) is 6.70. The summed E-state index contributed by atoms with van der Waals surface area (Å²) < 4.78 is 4.67. The van der Waals surface area contributed by atoms with Gasteiger partial charge in [-0.15, -0.1) is 0 Å². The minimum atomic E-state index is -0.146. The number of unbranched alkanes of at least 4 members (excludes halogenated alkanes) is 1. The maximum Gasteiger partial charge on any atom is 0.305 e. The molecule has 1 fully saturated rings. The van der Waals surface area contributed by atoms with Crippen molar-refractivity contribution in [2.45, 2.75) is 45.1 Å². The highest BCUT2D eigenvalue weighted by Crippen LogP contribution is 2.25. The van der Waals surface area contributed by atoms with E-state index in [0.29, 0.717) is 12.5 Å². The number of methoxy groups -OCH3 is 1. The number of hydrogen-bond donors (Lipinski definition) is 2. The third kappa shape index (κ3) is 7.59. The molecule has 0 saturated carbocycles. The van der Waals surface area contributed by atoms with E-state index in [9.17, 15) is 4.79 Å². The van der Waals surface area contributed by atoms with Crippen molar-refractivity contribution in [3.8, 4) is 0 Å². The van der Waals surface area contributed by atoms with Gasteiger partial charge in [-0.3, -0.25) is 14.7 Å². The molecule has 0 spiro atoms. The molecule has 1 aromatic carbocycles. The molecule has 6 heteroatoms. The summed E-state index contributed by atoms with van der Waals surface area (Å²) in [5.74, 6) is 0.697. The molecule has 1 aliphatic heterocycles. The van der Waals surface area contributed by atoms with Crippen LogP contribution in [0, 0.1) is 0 Å². The second-order valence-electron chi connectivity index (χ2n) is 6.85. The number of carbonyl (C=O) groups is 1. The van der Waals surface area contributed by atoms with Gasteiger partial charge in [-0.1, -0.05) is 30.3 Å². The van der Waals surface area contributed by atoms with Crippen LogP contribution in [0.2, 0.25) is 0 Å². The number of nitrogens with zero attached hydrogens (tertiary/aromatic N) is 2. The molecule has 1 atom stereocenters. The number of likely N-dealkylation sites (tertiary alicyclic amines) is 1. The summed E-state index contributed by atoms with van der Waals surface area (Å²) in [4.78, 5) is 18.6. The zero-order valence-electron chi connectivity index (χ0n) is 16.7. The Morgan fingerprint density at radius 1 is 1.19 bits per heavy atom. The van der Waals surface area contributed by atoms with E-state index in [1.54, 1.807) is 0 Å². The summed E-state index contributed by atoms with van der Waals surface area (Å²) in [6.45, 7) is 6.72. The molecule has 0 radical (unpaired) electrons. The van der Waals surface area contributed by atoms with Gasteiger partial charge in [0.25, 0.3) is 0 Å². The Kier molecular flexibility index (Phi) is 9.69. The van der Waals surface area contributed by atoms with Crippen LogP contribution < -0.4 is 10.6 Å². The molecule has 150 valence electrons. The maximum atomic E-state index is 11.2. The monoisotopic (exact) mass is 374 g/mol. The first-order valence-electron chi connectivity index (χ1n) is 10.1. The van der Waals surface area contributed by atoms with Crippen molar-refractivity contribution in [2.75, 3.05) is 39.8 Å². The summed E-state index contributed by atoms with van der Waals surface area (Å²) in [6, 6.07) is 11.0. The molecule has 6 nitrogen and oxygen atoms in total. The van der Waals surface area contributed by atoms with Crippen LogP contribution in [0.25, 0.3) is 0 Å². The number of benzene rings is 1. The van der Waals surface area contributed by atoms with Crippen molar-refractivity contribution < 1.29 is 9.53 Å². The van der Waals surface area contributed by atoms with Gasteiger partial charge in [0.05, 0.1) is 19.7 Å². The minimum Gasteiger partial charge on any atom is -0.469 e. The minimum absolute atomic E-state index is 0.146. The molecule has 2 rings (SSSR count). The molecule has 0 amide bonds. The van der Waals surface area contributed by atoms with E-state index in [4.69, 9.17) is 4.99 Å². The first kappa shape index (κ1) is 21.2. The number of ether oxygens (including phenoxy) is 1. The van der Waals surface area contributed by atoms with E-state index in [1.165, 1.54) is 25.5 Å². The van der Waals surface area contributed by atoms with Gasteiger partial charge in [-0.05, 0) is 51.3 Å². The number of carbonyl (C=O) groups excluding carboxylic acids is 1. The molecule has 0 aromatic heterocycles. The van der Waals surface area contributed by atoms with Gasteiger partial charge in [0, 0.05) is 19.5 Å². The highest BCUT2D eigenvalue weighted by Gasteiger charge is 2.23. The van der Waals surface area contributed by atoms with Crippen LogP contribution in [0.4, 0.5) is 0 Å². The molecule has 27 heavy (non-hydrogen) atoms. The van der Waals surface area contributed by atoms with Crippen molar-refractivity contribution in [3.63, 3.8) is 0 Å². The number of guanidine groups is 1. The van der Waals surface area contributed by atoms with Gasteiger partial charge < -0.3 is 15.4 Å². The average Bonchev–Trinajstić information content (AvgIpc) is 3.23. The third-order valence-corrected chi connectivity index (χ3v) is 4.86. The van der Waals surface area contributed by atoms with Crippen molar-refractivity contribution in [2.24, 2.45) is 4.99 Å². The SMILES string of the molecule is CCNC(=NCC(c1ccccc1)N1CCCC1)NCCCCC(=O)OC. The van der Waals surface area contributed by atoms with Crippen LogP contribution in [0.3, 0.4) is 0 Å². The summed E-state index contributed by atoms with van der Waals surface area (Å²) >= 11 is 0. The second-order valence-corrected chi connectivity index (χ2v) is 6.85. The van der Waals surface area contributed by atoms with Crippen LogP contribution >= 0.6 is 0 Å². The Bertz CT molecular complexity index is 571. The molecule has 0 bridgehead atoms. The highest BCUT2D eigenvalue weighted by molar-refractivity contribution is 5.79. The third-order valence-electron chi connectivity index (χ3n) is 4.86. The van der Waals surface area contributed by atoms with Gasteiger partial charge in [0.2, 0.25) is 0 Å². The summed E-state index contributed by atoms with van der Waals surface area (Å²) in [6.07, 6.45) is 4.74. The van der Waals surface area contributed by atoms with Crippen LogP contribution in [0.1, 0.15) is 50.6 Å². The summed E-state index contributed by atoms with van der Waals surface area (Å²) in [5.41, 5.74) is 1.33. The summed E-state index contributed by atoms with van der Waals surface area (Å²) in [7, 11) is 1.43. The molecule has 1 unspecified atom stereocenters. The molecule has 0 aliphatic carbocycles. The van der Waals surface area contributed by atoms with E-state index in [2.05, 4.69) is 57.5 Å². The average molecular weight is 375 g/mol. The lowest BCUT2D eigenvalue weighted by molar-refractivity contribution is -0.140. The number of aliphatic imine (C=N–C) groups is 1. The quantitative estimate of drug-likeness (QED) is 0.285. The van der Waals surface area contributed by atoms with Crippen LogP contribution in [0.15, 0.2) is 35.3 Å². The Balaban J connectivity index is 1.90. The fourth-order valence-electron chi connectivity index (χ4n) is 3.38. The fourth-order valence-corrected chi connectivity index (χ4v) is 3.38. The van der Waals surface area contributed by atoms with Crippen LogP contribution in [-0.2, 0) is 9.53 Å². The predicted octanol–water partition coefficient (Wildman–Crippen LogP) is 2.72. The number of esters is 1. The molecule has 1 saturated heterocycles. The van der Waals surface area contributed by atoms with Crippen molar-refractivity contribution in [3.05, 3.63) is 35.9 Å². The van der Waals surface area contributed by atoms with Gasteiger partial charge in [0.15, 0.2) is 5.96 Å². The van der Waals surface area contributed by atoms with Gasteiger partial charge in [-0.2, -0.15) is 0 Å². The van der Waals surface area contributed by atoms with Crippen molar-refractivity contribution >= 4 is 11.9 Å². The molecular weight excluding hydrogens is 340 g/mol. The Morgan fingerprint density at radius 2 is 1.93 bits per heavy atom. The molecule has 2 N–H and O–H groups in total. The smallest absolute Gasteiger partial charge is 0.305 e. The Morgan fingerprint density at radius 3 is 2.59 bits per heavy atom. The van der Waals surface area contributed by atoms with Gasteiger partial charge >= 0.3 is 5.97 Å². The molecule has 1 aromatic rings. The maximum absolute atomic E-state index is 11.2. The van der Waals surface area contributed by atoms with E-state index in [0.717, 1.165) is 51.5 Å². The van der Waals surface area contributed by atoms with Crippen molar-refractivity contribution in [1.29, 1.82) is 0 Å². The van der Waals surface area contributed by atoms with E-state index in [1.807, 2.05) is 0 Å². The standard InChI is InChI=1S/C21H34N4O2/c1-3-22-21(23-14-8-7-13-20(26)27-2)24-17-19(25-15-9-10-16-25)18-11-5-4-6-12-18/h4-6,11-12,19H,3,7-10,13-17H2,1-2H3,(H2,22,23,24). The van der Waals surface area contributed by atoms with E-state index in [-0.39, 0.29) is 5.97 Å². The highest BCUT2D eigenvalue weighted by atomic mass is 16.5. The zero-order valence-corrected chi connectivity index (χ0v) is 16.7. The topological polar surface area (TPSA) is 66.0 Å². The van der Waals surface area contributed by atoms with Crippen LogP contribution in [-0.4, -0.2) is 56.7 Å². The molecular formula is C21H34N4O2. The lowest BCUT2D eigenvalue weighted by Gasteiger charge is -2.27. The largest absolute Gasteiger partial charge is 0.469 e. The molecule has 1 heterocycles. The predicted molar refractivity (Wildman–Crippen MR) is 110 cm³/mol. The van der Waals surface area contributed by atoms with Gasteiger partial charge in [-0.25, -0.2) is 0 Å². The van der Waals surface area contributed by atoms with E-state index < -0.39 is 0 Å². The first-order valence-corrected chi connectivity index (χ1v) is 10.1. The first-order chi connectivity index (χ1) is 13.2. The fraction of sp³-hybridized carbons (Fsp3) is 0.619.